The van der Waals surface area contributed by atoms with Gasteiger partial charge < -0.3 is 10.1 Å². The fraction of sp³-hybridized carbons (Fsp3) is 0.286. The van der Waals surface area contributed by atoms with Crippen molar-refractivity contribution in [3.63, 3.8) is 0 Å². The van der Waals surface area contributed by atoms with Gasteiger partial charge in [-0.2, -0.15) is 0 Å². The normalized spacial score (nSPS) is 14.3. The molecule has 6 heteroatoms. The summed E-state index contributed by atoms with van der Waals surface area (Å²) in [6.45, 7) is 0.598. The molecule has 0 saturated heterocycles. The lowest BCUT2D eigenvalue weighted by Gasteiger charge is -2.07. The van der Waals surface area contributed by atoms with Crippen molar-refractivity contribution >= 4 is 0 Å². The van der Waals surface area contributed by atoms with Gasteiger partial charge in [-0.05, 0) is 25.0 Å². The van der Waals surface area contributed by atoms with E-state index in [9.17, 15) is 8.78 Å². The second kappa shape index (κ2) is 5.50. The van der Waals surface area contributed by atoms with E-state index in [4.69, 9.17) is 4.74 Å². The van der Waals surface area contributed by atoms with Crippen molar-refractivity contribution in [3.8, 4) is 11.6 Å². The first-order chi connectivity index (χ1) is 9.70. The molecule has 1 N–H and O–H groups in total. The van der Waals surface area contributed by atoms with Crippen molar-refractivity contribution in [2.24, 2.45) is 0 Å². The first-order valence-corrected chi connectivity index (χ1v) is 6.38. The highest BCUT2D eigenvalue weighted by molar-refractivity contribution is 5.28. The SMILES string of the molecule is Fc1ccc(Oc2cncc(CNC3CC3)n2)c(F)c1. The zero-order valence-corrected chi connectivity index (χ0v) is 10.6. The molecule has 1 aliphatic carbocycles. The van der Waals surface area contributed by atoms with Gasteiger partial charge in [0.05, 0.1) is 11.9 Å². The summed E-state index contributed by atoms with van der Waals surface area (Å²) < 4.78 is 31.6. The van der Waals surface area contributed by atoms with Gasteiger partial charge in [-0.25, -0.2) is 13.8 Å². The van der Waals surface area contributed by atoms with Crippen LogP contribution in [0, 0.1) is 11.6 Å². The highest BCUT2D eigenvalue weighted by Gasteiger charge is 2.20. The van der Waals surface area contributed by atoms with Gasteiger partial charge in [0.15, 0.2) is 11.6 Å². The van der Waals surface area contributed by atoms with Crippen LogP contribution >= 0.6 is 0 Å². The number of nitrogens with zero attached hydrogens (tertiary/aromatic N) is 2. The molecule has 3 rings (SSSR count). The van der Waals surface area contributed by atoms with Crippen molar-refractivity contribution in [3.05, 3.63) is 47.9 Å². The van der Waals surface area contributed by atoms with E-state index < -0.39 is 11.6 Å². The maximum Gasteiger partial charge on any atom is 0.238 e. The van der Waals surface area contributed by atoms with Crippen LogP contribution in [0.25, 0.3) is 0 Å². The van der Waals surface area contributed by atoms with Gasteiger partial charge in [-0.1, -0.05) is 0 Å². The molecule has 0 bridgehead atoms. The lowest BCUT2D eigenvalue weighted by molar-refractivity contribution is 0.419. The summed E-state index contributed by atoms with van der Waals surface area (Å²) in [5, 5.41) is 3.30. The van der Waals surface area contributed by atoms with Gasteiger partial charge in [0.25, 0.3) is 0 Å². The number of nitrogens with one attached hydrogen (secondary N) is 1. The Balaban J connectivity index is 1.70. The molecule has 1 aromatic heterocycles. The number of benzene rings is 1. The Morgan fingerprint density at radius 3 is 2.85 bits per heavy atom. The van der Waals surface area contributed by atoms with Crippen molar-refractivity contribution < 1.29 is 13.5 Å². The Kier molecular flexibility index (Phi) is 3.56. The van der Waals surface area contributed by atoms with Crippen LogP contribution in [0.4, 0.5) is 8.78 Å². The van der Waals surface area contributed by atoms with Crippen LogP contribution in [0.2, 0.25) is 0 Å². The monoisotopic (exact) mass is 277 g/mol. The first kappa shape index (κ1) is 12.9. The minimum atomic E-state index is -0.770. The topological polar surface area (TPSA) is 47.0 Å². The maximum absolute atomic E-state index is 13.5. The van der Waals surface area contributed by atoms with Crippen molar-refractivity contribution in [2.75, 3.05) is 0 Å². The molecule has 2 aromatic rings. The van der Waals surface area contributed by atoms with E-state index in [1.807, 2.05) is 0 Å². The molecule has 1 heterocycles. The molecule has 0 spiro atoms. The average Bonchev–Trinajstić information content (AvgIpc) is 3.24. The predicted molar refractivity (Wildman–Crippen MR) is 68.3 cm³/mol. The minimum absolute atomic E-state index is 0.0759. The molecule has 0 unspecified atom stereocenters. The zero-order chi connectivity index (χ0) is 13.9. The fourth-order valence-electron chi connectivity index (χ4n) is 1.73. The number of ether oxygens (including phenoxy) is 1. The molecule has 0 amide bonds. The smallest absolute Gasteiger partial charge is 0.238 e. The lowest BCUT2D eigenvalue weighted by atomic mass is 10.3. The average molecular weight is 277 g/mol. The molecule has 104 valence electrons. The van der Waals surface area contributed by atoms with E-state index in [2.05, 4.69) is 15.3 Å². The molecule has 1 saturated carbocycles. The number of aromatic nitrogens is 2. The van der Waals surface area contributed by atoms with Crippen LogP contribution in [0.15, 0.2) is 30.6 Å². The van der Waals surface area contributed by atoms with Crippen molar-refractivity contribution in [2.45, 2.75) is 25.4 Å². The van der Waals surface area contributed by atoms with Crippen LogP contribution in [0.3, 0.4) is 0 Å². The Hall–Kier alpha value is -2.08. The molecular formula is C14H13F2N3O. The number of rotatable bonds is 5. The van der Waals surface area contributed by atoms with E-state index in [0.29, 0.717) is 12.6 Å². The molecule has 0 atom stereocenters. The zero-order valence-electron chi connectivity index (χ0n) is 10.6. The van der Waals surface area contributed by atoms with Gasteiger partial charge in [-0.15, -0.1) is 0 Å². The second-order valence-electron chi connectivity index (χ2n) is 4.68. The quantitative estimate of drug-likeness (QED) is 0.913. The van der Waals surface area contributed by atoms with Crippen LogP contribution in [-0.2, 0) is 6.54 Å². The third-order valence-electron chi connectivity index (χ3n) is 2.92. The lowest BCUT2D eigenvalue weighted by Crippen LogP contribution is -2.16. The minimum Gasteiger partial charge on any atom is -0.434 e. The van der Waals surface area contributed by atoms with Crippen molar-refractivity contribution in [1.29, 1.82) is 0 Å². The van der Waals surface area contributed by atoms with Gasteiger partial charge in [0.1, 0.15) is 5.82 Å². The van der Waals surface area contributed by atoms with Crippen LogP contribution in [0.5, 0.6) is 11.6 Å². The second-order valence-corrected chi connectivity index (χ2v) is 4.68. The van der Waals surface area contributed by atoms with Gasteiger partial charge in [-0.3, -0.25) is 4.98 Å². The molecule has 1 aromatic carbocycles. The summed E-state index contributed by atoms with van der Waals surface area (Å²) in [5.74, 6) is -1.31. The Morgan fingerprint density at radius 1 is 1.25 bits per heavy atom. The molecule has 20 heavy (non-hydrogen) atoms. The third kappa shape index (κ3) is 3.27. The van der Waals surface area contributed by atoms with E-state index in [-0.39, 0.29) is 11.6 Å². The standard InChI is InChI=1S/C14H13F2N3O/c15-9-1-4-13(12(16)5-9)20-14-8-17-6-11(19-14)7-18-10-2-3-10/h1,4-6,8,10,18H,2-3,7H2. The number of halogens is 2. The molecule has 0 aliphatic heterocycles. The van der Waals surface area contributed by atoms with Crippen LogP contribution < -0.4 is 10.1 Å². The molecule has 4 nitrogen and oxygen atoms in total. The summed E-state index contributed by atoms with van der Waals surface area (Å²) in [7, 11) is 0. The number of hydrogen-bond donors (Lipinski definition) is 1. The summed E-state index contributed by atoms with van der Waals surface area (Å²) >= 11 is 0. The summed E-state index contributed by atoms with van der Waals surface area (Å²) in [6.07, 6.45) is 5.39. The van der Waals surface area contributed by atoms with E-state index in [1.165, 1.54) is 25.1 Å². The maximum atomic E-state index is 13.5. The van der Waals surface area contributed by atoms with E-state index in [1.54, 1.807) is 6.20 Å². The molecular weight excluding hydrogens is 264 g/mol. The van der Waals surface area contributed by atoms with Gasteiger partial charge in [0.2, 0.25) is 5.88 Å². The molecule has 0 radical (unpaired) electrons. The Labute approximate surface area is 114 Å². The van der Waals surface area contributed by atoms with E-state index in [0.717, 1.165) is 17.8 Å². The van der Waals surface area contributed by atoms with Gasteiger partial charge in [0, 0.05) is 24.8 Å². The highest BCUT2D eigenvalue weighted by atomic mass is 19.1. The summed E-state index contributed by atoms with van der Waals surface area (Å²) in [4.78, 5) is 8.23. The highest BCUT2D eigenvalue weighted by Crippen LogP contribution is 2.23. The van der Waals surface area contributed by atoms with Crippen LogP contribution in [0.1, 0.15) is 18.5 Å². The van der Waals surface area contributed by atoms with E-state index >= 15 is 0 Å². The summed E-state index contributed by atoms with van der Waals surface area (Å²) in [6, 6.07) is 3.68. The largest absolute Gasteiger partial charge is 0.434 e. The van der Waals surface area contributed by atoms with Crippen LogP contribution in [-0.4, -0.2) is 16.0 Å². The molecule has 1 aliphatic rings. The van der Waals surface area contributed by atoms with Crippen molar-refractivity contribution in [1.82, 2.24) is 15.3 Å². The Morgan fingerprint density at radius 2 is 2.10 bits per heavy atom. The number of hydrogen-bond acceptors (Lipinski definition) is 4. The fourth-order valence-corrected chi connectivity index (χ4v) is 1.73. The van der Waals surface area contributed by atoms with Gasteiger partial charge >= 0.3 is 0 Å². The molecule has 1 fully saturated rings. The summed E-state index contributed by atoms with van der Waals surface area (Å²) in [5.41, 5.74) is 0.719. The third-order valence-corrected chi connectivity index (χ3v) is 2.92. The first-order valence-electron chi connectivity index (χ1n) is 6.38. The predicted octanol–water partition coefficient (Wildman–Crippen LogP) is 2.80. The Bertz CT molecular complexity index is 617.